The third-order valence-corrected chi connectivity index (χ3v) is 3.93. The number of anilines is 1. The van der Waals surface area contributed by atoms with Gasteiger partial charge >= 0.3 is 6.36 Å². The highest BCUT2D eigenvalue weighted by atomic mass is 19.4. The molecule has 6 heteroatoms. The van der Waals surface area contributed by atoms with Crippen LogP contribution < -0.4 is 10.1 Å². The molecule has 1 atom stereocenters. The number of halogens is 3. The van der Waals surface area contributed by atoms with Gasteiger partial charge in [0.1, 0.15) is 5.75 Å². The number of hydrogen-bond acceptors (Lipinski definition) is 3. The molecular weight excluding hydrogens is 281 g/mol. The van der Waals surface area contributed by atoms with Crippen LogP contribution in [0, 0.1) is 5.92 Å². The molecule has 0 radical (unpaired) electrons. The first-order chi connectivity index (χ1) is 9.83. The van der Waals surface area contributed by atoms with Crippen LogP contribution in [0.25, 0.3) is 0 Å². The number of nitrogens with zero attached hydrogens (tertiary/aromatic N) is 1. The van der Waals surface area contributed by atoms with E-state index in [-0.39, 0.29) is 11.8 Å². The fourth-order valence-corrected chi connectivity index (χ4v) is 2.69. The van der Waals surface area contributed by atoms with Gasteiger partial charge in [-0.15, -0.1) is 13.2 Å². The van der Waals surface area contributed by atoms with Crippen LogP contribution in [-0.4, -0.2) is 37.4 Å². The second-order valence-corrected chi connectivity index (χ2v) is 5.65. The summed E-state index contributed by atoms with van der Waals surface area (Å²) in [4.78, 5) is 2.29. The van der Waals surface area contributed by atoms with Crippen LogP contribution in [0.2, 0.25) is 0 Å². The summed E-state index contributed by atoms with van der Waals surface area (Å²) in [6, 6.07) is 6.23. The summed E-state index contributed by atoms with van der Waals surface area (Å²) in [7, 11) is 2.10. The van der Waals surface area contributed by atoms with E-state index in [1.165, 1.54) is 12.1 Å². The monoisotopic (exact) mass is 302 g/mol. The van der Waals surface area contributed by atoms with Crippen molar-refractivity contribution in [3.8, 4) is 5.75 Å². The molecule has 0 amide bonds. The van der Waals surface area contributed by atoms with E-state index in [0.29, 0.717) is 11.6 Å². The highest BCUT2D eigenvalue weighted by molar-refractivity contribution is 5.48. The zero-order valence-corrected chi connectivity index (χ0v) is 12.3. The molecule has 1 fully saturated rings. The molecule has 0 spiro atoms. The number of benzene rings is 1. The Morgan fingerprint density at radius 2 is 1.95 bits per heavy atom. The van der Waals surface area contributed by atoms with Gasteiger partial charge in [-0.1, -0.05) is 6.07 Å². The third-order valence-electron chi connectivity index (χ3n) is 3.93. The minimum atomic E-state index is -4.65. The average molecular weight is 302 g/mol. The Kier molecular flexibility index (Phi) is 4.98. The number of ether oxygens (including phenoxy) is 1. The van der Waals surface area contributed by atoms with Crippen LogP contribution in [0.3, 0.4) is 0 Å². The van der Waals surface area contributed by atoms with Gasteiger partial charge in [-0.2, -0.15) is 0 Å². The summed E-state index contributed by atoms with van der Waals surface area (Å²) >= 11 is 0. The van der Waals surface area contributed by atoms with Crippen molar-refractivity contribution in [2.45, 2.75) is 32.2 Å². The van der Waals surface area contributed by atoms with E-state index in [9.17, 15) is 13.2 Å². The number of piperidine rings is 1. The molecule has 0 saturated carbocycles. The first-order valence-corrected chi connectivity index (χ1v) is 7.14. The van der Waals surface area contributed by atoms with E-state index >= 15 is 0 Å². The number of alkyl halides is 3. The fraction of sp³-hybridized carbons (Fsp3) is 0.600. The van der Waals surface area contributed by atoms with E-state index in [2.05, 4.69) is 28.9 Å². The van der Waals surface area contributed by atoms with Crippen LogP contribution in [0.5, 0.6) is 5.75 Å². The molecular formula is C15H21F3N2O. The van der Waals surface area contributed by atoms with E-state index in [1.54, 1.807) is 12.1 Å². The molecule has 1 unspecified atom stereocenters. The Labute approximate surface area is 123 Å². The molecule has 1 aliphatic rings. The summed E-state index contributed by atoms with van der Waals surface area (Å²) in [6.45, 7) is 4.20. The number of nitrogens with one attached hydrogen (secondary N) is 1. The Hall–Kier alpha value is -1.43. The predicted molar refractivity (Wildman–Crippen MR) is 76.4 cm³/mol. The molecule has 1 aromatic rings. The van der Waals surface area contributed by atoms with Gasteiger partial charge in [0.05, 0.1) is 0 Å². The SMILES string of the molecule is CC(Nc1cccc(OC(F)(F)F)c1)C1CCN(C)CC1. The largest absolute Gasteiger partial charge is 0.573 e. The molecule has 118 valence electrons. The van der Waals surface area contributed by atoms with Gasteiger partial charge in [0.15, 0.2) is 0 Å². The summed E-state index contributed by atoms with van der Waals surface area (Å²) in [5, 5.41) is 3.29. The van der Waals surface area contributed by atoms with Crippen molar-refractivity contribution in [3.05, 3.63) is 24.3 Å². The second-order valence-electron chi connectivity index (χ2n) is 5.65. The highest BCUT2D eigenvalue weighted by Gasteiger charge is 2.31. The molecule has 0 bridgehead atoms. The predicted octanol–water partition coefficient (Wildman–Crippen LogP) is 3.73. The number of hydrogen-bond donors (Lipinski definition) is 1. The molecule has 3 nitrogen and oxygen atoms in total. The Balaban J connectivity index is 1.94. The maximum atomic E-state index is 12.2. The smallest absolute Gasteiger partial charge is 0.406 e. The first-order valence-electron chi connectivity index (χ1n) is 7.14. The Bertz CT molecular complexity index is 456. The highest BCUT2D eigenvalue weighted by Crippen LogP contribution is 2.27. The van der Waals surface area contributed by atoms with Crippen LogP contribution in [0.15, 0.2) is 24.3 Å². The lowest BCUT2D eigenvalue weighted by Crippen LogP contribution is -2.37. The van der Waals surface area contributed by atoms with Crippen molar-refractivity contribution < 1.29 is 17.9 Å². The molecule has 1 aliphatic heterocycles. The number of likely N-dealkylation sites (tertiary alicyclic amines) is 1. The lowest BCUT2D eigenvalue weighted by Gasteiger charge is -2.33. The zero-order valence-electron chi connectivity index (χ0n) is 12.3. The van der Waals surface area contributed by atoms with Gasteiger partial charge < -0.3 is 15.0 Å². The van der Waals surface area contributed by atoms with Crippen molar-refractivity contribution in [3.63, 3.8) is 0 Å². The lowest BCUT2D eigenvalue weighted by atomic mass is 9.90. The third kappa shape index (κ3) is 5.12. The van der Waals surface area contributed by atoms with Crippen LogP contribution in [-0.2, 0) is 0 Å². The molecule has 1 aromatic carbocycles. The van der Waals surface area contributed by atoms with Gasteiger partial charge in [-0.05, 0) is 58.0 Å². The first kappa shape index (κ1) is 15.9. The van der Waals surface area contributed by atoms with E-state index < -0.39 is 6.36 Å². The van der Waals surface area contributed by atoms with E-state index in [4.69, 9.17) is 0 Å². The molecule has 1 N–H and O–H groups in total. The Morgan fingerprint density at radius 3 is 2.57 bits per heavy atom. The van der Waals surface area contributed by atoms with Gasteiger partial charge in [0, 0.05) is 17.8 Å². The summed E-state index contributed by atoms with van der Waals surface area (Å²) in [5.41, 5.74) is 0.656. The lowest BCUT2D eigenvalue weighted by molar-refractivity contribution is -0.274. The maximum Gasteiger partial charge on any atom is 0.573 e. The maximum absolute atomic E-state index is 12.2. The fourth-order valence-electron chi connectivity index (χ4n) is 2.69. The van der Waals surface area contributed by atoms with Crippen LogP contribution in [0.1, 0.15) is 19.8 Å². The summed E-state index contributed by atoms with van der Waals surface area (Å²) in [5.74, 6) is 0.344. The quantitative estimate of drug-likeness (QED) is 0.917. The summed E-state index contributed by atoms with van der Waals surface area (Å²) < 4.78 is 40.6. The molecule has 0 aliphatic carbocycles. The standard InChI is InChI=1S/C15H21F3N2O/c1-11(12-6-8-20(2)9-7-12)19-13-4-3-5-14(10-13)21-15(16,17)18/h3-5,10-12,19H,6-9H2,1-2H3. The van der Waals surface area contributed by atoms with E-state index in [1.807, 2.05) is 0 Å². The van der Waals surface area contributed by atoms with Crippen molar-refractivity contribution in [2.75, 3.05) is 25.5 Å². The minimum absolute atomic E-state index is 0.192. The molecule has 1 heterocycles. The van der Waals surface area contributed by atoms with Crippen molar-refractivity contribution in [1.29, 1.82) is 0 Å². The van der Waals surface area contributed by atoms with Crippen molar-refractivity contribution >= 4 is 5.69 Å². The average Bonchev–Trinajstić information content (AvgIpc) is 2.37. The Morgan fingerprint density at radius 1 is 1.29 bits per heavy atom. The molecule has 1 saturated heterocycles. The number of rotatable bonds is 4. The van der Waals surface area contributed by atoms with Gasteiger partial charge in [-0.25, -0.2) is 0 Å². The van der Waals surface area contributed by atoms with Gasteiger partial charge in [-0.3, -0.25) is 0 Å². The second kappa shape index (κ2) is 6.56. The van der Waals surface area contributed by atoms with Crippen LogP contribution in [0.4, 0.5) is 18.9 Å². The topological polar surface area (TPSA) is 24.5 Å². The van der Waals surface area contributed by atoms with E-state index in [0.717, 1.165) is 25.9 Å². The molecule has 21 heavy (non-hydrogen) atoms. The zero-order chi connectivity index (χ0) is 15.5. The van der Waals surface area contributed by atoms with Gasteiger partial charge in [0.2, 0.25) is 0 Å². The minimum Gasteiger partial charge on any atom is -0.406 e. The van der Waals surface area contributed by atoms with Crippen LogP contribution >= 0.6 is 0 Å². The van der Waals surface area contributed by atoms with Crippen molar-refractivity contribution in [2.24, 2.45) is 5.92 Å². The van der Waals surface area contributed by atoms with Gasteiger partial charge in [0.25, 0.3) is 0 Å². The normalized spacial score (nSPS) is 19.3. The summed E-state index contributed by atoms with van der Waals surface area (Å²) in [6.07, 6.45) is -2.45. The molecule has 2 rings (SSSR count). The van der Waals surface area contributed by atoms with Crippen molar-refractivity contribution in [1.82, 2.24) is 4.90 Å². The molecule has 0 aromatic heterocycles.